The lowest BCUT2D eigenvalue weighted by Gasteiger charge is -2.45. The molecule has 0 radical (unpaired) electrons. The first-order valence-corrected chi connectivity index (χ1v) is 12.4. The Hall–Kier alpha value is -2.70. The van der Waals surface area contributed by atoms with Crippen LogP contribution in [0.3, 0.4) is 0 Å². The van der Waals surface area contributed by atoms with Gasteiger partial charge < -0.3 is 19.6 Å². The summed E-state index contributed by atoms with van der Waals surface area (Å²) >= 11 is 0. The molecule has 214 valence electrons. The zero-order valence-corrected chi connectivity index (χ0v) is 21.5. The third kappa shape index (κ3) is 7.03. The largest absolute Gasteiger partial charge is 0.481 e. The highest BCUT2D eigenvalue weighted by atomic mass is 19.4. The number of benzene rings is 1. The molecule has 1 atom stereocenters. The van der Waals surface area contributed by atoms with E-state index < -0.39 is 47.5 Å². The van der Waals surface area contributed by atoms with Gasteiger partial charge >= 0.3 is 24.4 Å². The van der Waals surface area contributed by atoms with E-state index in [0.29, 0.717) is 56.6 Å². The van der Waals surface area contributed by atoms with Crippen LogP contribution >= 0.6 is 0 Å². The van der Waals surface area contributed by atoms with Gasteiger partial charge in [-0.15, -0.1) is 0 Å². The molecule has 3 rings (SSSR count). The maximum Gasteiger partial charge on any atom is 0.425 e. The van der Waals surface area contributed by atoms with Crippen LogP contribution in [0.2, 0.25) is 0 Å². The van der Waals surface area contributed by atoms with Crippen LogP contribution < -0.4 is 4.90 Å². The monoisotopic (exact) mass is 553 g/mol. The van der Waals surface area contributed by atoms with Crippen molar-refractivity contribution in [1.82, 2.24) is 9.80 Å². The molecule has 1 unspecified atom stereocenters. The minimum absolute atomic E-state index is 0.173. The number of carboxylic acid groups (broad SMARTS) is 1. The molecule has 0 aromatic heterocycles. The van der Waals surface area contributed by atoms with E-state index in [1.807, 2.05) is 18.9 Å². The number of aliphatic carboxylic acids is 1. The molecule has 1 aromatic carbocycles. The minimum atomic E-state index is -4.65. The summed E-state index contributed by atoms with van der Waals surface area (Å²) in [5.74, 6) is -1.44. The van der Waals surface area contributed by atoms with Crippen molar-refractivity contribution >= 4 is 17.7 Å². The first kappa shape index (κ1) is 29.9. The molecular formula is C25H33F6N3O4. The van der Waals surface area contributed by atoms with Gasteiger partial charge in [-0.05, 0) is 64.3 Å². The van der Waals surface area contributed by atoms with Gasteiger partial charge in [0.1, 0.15) is 0 Å². The molecule has 38 heavy (non-hydrogen) atoms. The highest BCUT2D eigenvalue weighted by Gasteiger charge is 2.42. The van der Waals surface area contributed by atoms with Crippen LogP contribution in [0.4, 0.5) is 36.8 Å². The smallest absolute Gasteiger partial charge is 0.425 e. The highest BCUT2D eigenvalue weighted by molar-refractivity contribution is 5.70. The summed E-state index contributed by atoms with van der Waals surface area (Å²) in [6, 6.07) is 3.57. The van der Waals surface area contributed by atoms with Gasteiger partial charge in [0.15, 0.2) is 6.10 Å². The molecule has 1 N–H and O–H groups in total. The van der Waals surface area contributed by atoms with Gasteiger partial charge in [-0.25, -0.2) is 4.79 Å². The Kier molecular flexibility index (Phi) is 8.79. The average Bonchev–Trinajstić information content (AvgIpc) is 2.83. The molecule has 2 heterocycles. The molecule has 1 amide bonds. The first-order chi connectivity index (χ1) is 17.5. The van der Waals surface area contributed by atoms with Crippen LogP contribution in [0.15, 0.2) is 18.2 Å². The van der Waals surface area contributed by atoms with Crippen LogP contribution in [0.25, 0.3) is 0 Å². The fourth-order valence-electron chi connectivity index (χ4n) is 4.83. The van der Waals surface area contributed by atoms with Gasteiger partial charge in [0.25, 0.3) is 0 Å². The fourth-order valence-corrected chi connectivity index (χ4v) is 4.83. The summed E-state index contributed by atoms with van der Waals surface area (Å²) in [6.07, 6.45) is -10.9. The quantitative estimate of drug-likeness (QED) is 0.477. The molecule has 0 bridgehead atoms. The summed E-state index contributed by atoms with van der Waals surface area (Å²) in [6.45, 7) is 3.99. The number of amides is 1. The number of ether oxygens (including phenoxy) is 1. The van der Waals surface area contributed by atoms with Gasteiger partial charge in [-0.1, -0.05) is 6.07 Å². The Balaban J connectivity index is 1.71. The Bertz CT molecular complexity index is 1000. The first-order valence-electron chi connectivity index (χ1n) is 12.4. The molecule has 2 saturated heterocycles. The average molecular weight is 554 g/mol. The zero-order valence-electron chi connectivity index (χ0n) is 21.5. The highest BCUT2D eigenvalue weighted by Crippen LogP contribution is 2.37. The van der Waals surface area contributed by atoms with Crippen molar-refractivity contribution in [3.05, 3.63) is 29.3 Å². The number of carbonyl (C=O) groups is 2. The zero-order chi connectivity index (χ0) is 28.5. The molecule has 0 saturated carbocycles. The molecule has 2 fully saturated rings. The fraction of sp³-hybridized carbons (Fsp3) is 0.680. The van der Waals surface area contributed by atoms with Crippen LogP contribution in [-0.4, -0.2) is 78.0 Å². The van der Waals surface area contributed by atoms with E-state index in [1.165, 1.54) is 11.0 Å². The van der Waals surface area contributed by atoms with Crippen LogP contribution in [0.5, 0.6) is 0 Å². The maximum absolute atomic E-state index is 13.5. The molecule has 13 heteroatoms. The maximum atomic E-state index is 13.5. The standard InChI is InChI=1S/C25H33F6N3O4/c1-16(24(26,27)28)38-22(37)34-12-8-23(2,9-13-34)32(3)15-18-4-5-19(25(29,30)31)14-20(18)33-10-6-17(7-11-33)21(35)36/h4-5,14,16-17H,6-13,15H2,1-3H3,(H,35,36). The lowest BCUT2D eigenvalue weighted by molar-refractivity contribution is -0.200. The molecule has 7 nitrogen and oxygen atoms in total. The Morgan fingerprint density at radius 3 is 2.18 bits per heavy atom. The number of piperidine rings is 2. The van der Waals surface area contributed by atoms with Crippen molar-refractivity contribution in [3.8, 4) is 0 Å². The number of alkyl halides is 6. The van der Waals surface area contributed by atoms with Crippen LogP contribution in [0, 0.1) is 5.92 Å². The van der Waals surface area contributed by atoms with E-state index >= 15 is 0 Å². The topological polar surface area (TPSA) is 73.3 Å². The third-order valence-corrected chi connectivity index (χ3v) is 7.76. The lowest BCUT2D eigenvalue weighted by Crippen LogP contribution is -2.53. The summed E-state index contributed by atoms with van der Waals surface area (Å²) in [5, 5.41) is 9.27. The number of nitrogens with zero attached hydrogens (tertiary/aromatic N) is 3. The van der Waals surface area contributed by atoms with Crippen molar-refractivity contribution in [2.75, 3.05) is 38.1 Å². The van der Waals surface area contributed by atoms with Crippen molar-refractivity contribution in [2.45, 2.75) is 70.1 Å². The number of carbonyl (C=O) groups excluding carboxylic acids is 1. The van der Waals surface area contributed by atoms with Gasteiger partial charge in [-0.3, -0.25) is 9.69 Å². The molecule has 2 aliphatic heterocycles. The summed E-state index contributed by atoms with van der Waals surface area (Å²) in [7, 11) is 1.82. The molecule has 1 aromatic rings. The summed E-state index contributed by atoms with van der Waals surface area (Å²) in [4.78, 5) is 28.5. The normalized spacial score (nSPS) is 19.9. The second kappa shape index (κ2) is 11.2. The van der Waals surface area contributed by atoms with E-state index in [1.54, 1.807) is 4.90 Å². The number of hydrogen-bond acceptors (Lipinski definition) is 5. The van der Waals surface area contributed by atoms with Crippen LogP contribution in [0.1, 0.15) is 50.7 Å². The van der Waals surface area contributed by atoms with Crippen molar-refractivity contribution in [3.63, 3.8) is 0 Å². The predicted molar refractivity (Wildman–Crippen MR) is 127 cm³/mol. The van der Waals surface area contributed by atoms with Gasteiger partial charge in [-0.2, -0.15) is 26.3 Å². The van der Waals surface area contributed by atoms with Gasteiger partial charge in [0.05, 0.1) is 11.5 Å². The Morgan fingerprint density at radius 1 is 1.11 bits per heavy atom. The van der Waals surface area contributed by atoms with E-state index in [0.717, 1.165) is 19.1 Å². The number of anilines is 1. The van der Waals surface area contributed by atoms with Crippen molar-refractivity contribution in [2.24, 2.45) is 5.92 Å². The van der Waals surface area contributed by atoms with Crippen molar-refractivity contribution in [1.29, 1.82) is 0 Å². The molecule has 0 aliphatic carbocycles. The van der Waals surface area contributed by atoms with E-state index in [4.69, 9.17) is 0 Å². The third-order valence-electron chi connectivity index (χ3n) is 7.76. The number of halogens is 6. The van der Waals surface area contributed by atoms with Gasteiger partial charge in [0, 0.05) is 44.0 Å². The van der Waals surface area contributed by atoms with Crippen molar-refractivity contribution < 1.29 is 45.8 Å². The lowest BCUT2D eigenvalue weighted by atomic mass is 9.87. The van der Waals surface area contributed by atoms with E-state index in [2.05, 4.69) is 4.74 Å². The SMILES string of the molecule is CC(OC(=O)N1CCC(C)(N(C)Cc2ccc(C(F)(F)F)cc2N2CCC(C(=O)O)CC2)CC1)C(F)(F)F. The van der Waals surface area contributed by atoms with Gasteiger partial charge in [0.2, 0.25) is 0 Å². The Labute approximate surface area is 217 Å². The Morgan fingerprint density at radius 2 is 1.68 bits per heavy atom. The van der Waals surface area contributed by atoms with E-state index in [9.17, 15) is 41.0 Å². The molecule has 0 spiro atoms. The predicted octanol–water partition coefficient (Wildman–Crippen LogP) is 5.38. The molecular weight excluding hydrogens is 520 g/mol. The molecule has 2 aliphatic rings. The number of carboxylic acids is 1. The number of likely N-dealkylation sites (tertiary alicyclic amines) is 1. The van der Waals surface area contributed by atoms with Crippen LogP contribution in [-0.2, 0) is 22.3 Å². The summed E-state index contributed by atoms with van der Waals surface area (Å²) < 4.78 is 83.2. The van der Waals surface area contributed by atoms with E-state index in [-0.39, 0.29) is 13.1 Å². The summed E-state index contributed by atoms with van der Waals surface area (Å²) in [5.41, 5.74) is -0.203. The number of hydrogen-bond donors (Lipinski definition) is 1. The second-order valence-corrected chi connectivity index (χ2v) is 10.3. The minimum Gasteiger partial charge on any atom is -0.481 e. The number of rotatable bonds is 6. The second-order valence-electron chi connectivity index (χ2n) is 10.3.